The molecule has 2 amide bonds. The predicted octanol–water partition coefficient (Wildman–Crippen LogP) is 5.48. The number of carbonyl (C=O) groups excluding carboxylic acids is 2. The molecule has 0 saturated carbocycles. The van der Waals surface area contributed by atoms with Crippen LogP contribution >= 0.6 is 12.2 Å². The molecule has 0 aliphatic carbocycles. The lowest BCUT2D eigenvalue weighted by atomic mass is 10.0. The van der Waals surface area contributed by atoms with Gasteiger partial charge < -0.3 is 14.2 Å². The van der Waals surface area contributed by atoms with Crippen molar-refractivity contribution < 1.29 is 23.8 Å². The van der Waals surface area contributed by atoms with Crippen molar-refractivity contribution >= 4 is 51.7 Å². The van der Waals surface area contributed by atoms with E-state index in [1.165, 1.54) is 18.1 Å². The molecule has 1 saturated heterocycles. The molecule has 4 aromatic rings. The molecule has 1 N–H and O–H groups in total. The van der Waals surface area contributed by atoms with Crippen LogP contribution in [0.5, 0.6) is 23.0 Å². The average Bonchev–Trinajstić information content (AvgIpc) is 2.91. The number of para-hydroxylation sites is 1. The highest BCUT2D eigenvalue weighted by atomic mass is 32.1. The first-order valence-electron chi connectivity index (χ1n) is 11.4. The summed E-state index contributed by atoms with van der Waals surface area (Å²) in [6, 6.07) is 25.6. The van der Waals surface area contributed by atoms with Crippen LogP contribution in [0.2, 0.25) is 0 Å². The van der Waals surface area contributed by atoms with Gasteiger partial charge in [0.1, 0.15) is 28.6 Å². The average molecular weight is 511 g/mol. The second kappa shape index (κ2) is 10.1. The molecule has 1 aliphatic heterocycles. The minimum atomic E-state index is -0.586. The van der Waals surface area contributed by atoms with Gasteiger partial charge in [-0.15, -0.1) is 0 Å². The minimum Gasteiger partial charge on any atom is -0.496 e. The number of nitrogens with zero attached hydrogens (tertiary/aromatic N) is 1. The van der Waals surface area contributed by atoms with Gasteiger partial charge in [-0.3, -0.25) is 19.8 Å². The molecule has 0 spiro atoms. The molecule has 0 atom stereocenters. The molecule has 5 rings (SSSR count). The third-order valence-corrected chi connectivity index (χ3v) is 6.17. The molecule has 1 heterocycles. The zero-order valence-corrected chi connectivity index (χ0v) is 20.9. The molecular formula is C29H22N2O5S. The minimum absolute atomic E-state index is 0.00368. The van der Waals surface area contributed by atoms with E-state index in [-0.39, 0.29) is 10.7 Å². The number of carbonyl (C=O) groups is 2. The lowest BCUT2D eigenvalue weighted by Crippen LogP contribution is -2.54. The van der Waals surface area contributed by atoms with Gasteiger partial charge in [0.2, 0.25) is 0 Å². The highest BCUT2D eigenvalue weighted by Crippen LogP contribution is 2.34. The first-order valence-corrected chi connectivity index (χ1v) is 11.8. The third kappa shape index (κ3) is 4.74. The van der Waals surface area contributed by atoms with Gasteiger partial charge in [-0.05, 0) is 78.3 Å². The van der Waals surface area contributed by atoms with Crippen molar-refractivity contribution in [2.45, 2.75) is 0 Å². The Morgan fingerprint density at radius 2 is 1.51 bits per heavy atom. The van der Waals surface area contributed by atoms with E-state index in [2.05, 4.69) is 5.32 Å². The number of hydrogen-bond donors (Lipinski definition) is 1. The normalized spacial score (nSPS) is 14.6. The van der Waals surface area contributed by atoms with Crippen molar-refractivity contribution in [1.29, 1.82) is 0 Å². The summed E-state index contributed by atoms with van der Waals surface area (Å²) in [6.45, 7) is 0. The zero-order chi connectivity index (χ0) is 25.9. The Balaban J connectivity index is 1.49. The van der Waals surface area contributed by atoms with Crippen molar-refractivity contribution in [1.82, 2.24) is 5.32 Å². The molecule has 0 radical (unpaired) electrons. The fraction of sp³-hybridized carbons (Fsp3) is 0.0690. The number of methoxy groups -OCH3 is 2. The van der Waals surface area contributed by atoms with Gasteiger partial charge in [-0.1, -0.05) is 30.3 Å². The SMILES string of the molecule is COc1cc2cccc(OC)c2cc1C=C1C(=O)NC(=S)N(c2ccc(Oc3ccccc3)cc2)C1=O. The highest BCUT2D eigenvalue weighted by molar-refractivity contribution is 7.80. The first kappa shape index (κ1) is 24.0. The summed E-state index contributed by atoms with van der Waals surface area (Å²) in [5.74, 6) is 1.33. The Bertz CT molecular complexity index is 1550. The van der Waals surface area contributed by atoms with E-state index in [1.807, 2.05) is 60.7 Å². The number of thiocarbonyl (C=S) groups is 1. The van der Waals surface area contributed by atoms with E-state index in [4.69, 9.17) is 26.4 Å². The number of fused-ring (bicyclic) bond motifs is 1. The Hall–Kier alpha value is -4.69. The van der Waals surface area contributed by atoms with Crippen LogP contribution in [0.4, 0.5) is 5.69 Å². The second-order valence-electron chi connectivity index (χ2n) is 8.14. The molecule has 8 heteroatoms. The fourth-order valence-electron chi connectivity index (χ4n) is 4.10. The summed E-state index contributed by atoms with van der Waals surface area (Å²) in [7, 11) is 3.12. The van der Waals surface area contributed by atoms with Crippen molar-refractivity contribution in [2.24, 2.45) is 0 Å². The number of amides is 2. The van der Waals surface area contributed by atoms with Crippen LogP contribution in [0, 0.1) is 0 Å². The Morgan fingerprint density at radius 1 is 0.811 bits per heavy atom. The summed E-state index contributed by atoms with van der Waals surface area (Å²) >= 11 is 5.34. The van der Waals surface area contributed by atoms with Crippen molar-refractivity contribution in [3.63, 3.8) is 0 Å². The van der Waals surface area contributed by atoms with E-state index < -0.39 is 11.8 Å². The van der Waals surface area contributed by atoms with Gasteiger partial charge in [-0.25, -0.2) is 0 Å². The van der Waals surface area contributed by atoms with Crippen LogP contribution < -0.4 is 24.4 Å². The van der Waals surface area contributed by atoms with Crippen molar-refractivity contribution in [3.05, 3.63) is 96.1 Å². The van der Waals surface area contributed by atoms with Crippen LogP contribution in [0.3, 0.4) is 0 Å². The third-order valence-electron chi connectivity index (χ3n) is 5.89. The lowest BCUT2D eigenvalue weighted by Gasteiger charge is -2.29. The van der Waals surface area contributed by atoms with Gasteiger partial charge in [0.15, 0.2) is 5.11 Å². The van der Waals surface area contributed by atoms with Gasteiger partial charge in [-0.2, -0.15) is 0 Å². The number of benzene rings is 4. The molecular weight excluding hydrogens is 488 g/mol. The van der Waals surface area contributed by atoms with E-state index in [0.717, 1.165) is 10.8 Å². The van der Waals surface area contributed by atoms with Gasteiger partial charge in [0.05, 0.1) is 19.9 Å². The quantitative estimate of drug-likeness (QED) is 0.210. The molecule has 7 nitrogen and oxygen atoms in total. The fourth-order valence-corrected chi connectivity index (χ4v) is 4.38. The van der Waals surface area contributed by atoms with E-state index >= 15 is 0 Å². The molecule has 4 aromatic carbocycles. The molecule has 0 bridgehead atoms. The van der Waals surface area contributed by atoms with Crippen LogP contribution in [0.15, 0.2) is 90.5 Å². The van der Waals surface area contributed by atoms with Crippen LogP contribution in [-0.4, -0.2) is 31.1 Å². The Morgan fingerprint density at radius 3 is 2.22 bits per heavy atom. The summed E-state index contributed by atoms with van der Waals surface area (Å²) < 4.78 is 16.9. The number of nitrogens with one attached hydrogen (secondary N) is 1. The van der Waals surface area contributed by atoms with E-state index in [0.29, 0.717) is 34.2 Å². The number of rotatable bonds is 6. The van der Waals surface area contributed by atoms with Crippen molar-refractivity contribution in [2.75, 3.05) is 19.1 Å². The summed E-state index contributed by atoms with van der Waals surface area (Å²) in [5, 5.41) is 4.33. The van der Waals surface area contributed by atoms with Crippen LogP contribution in [-0.2, 0) is 9.59 Å². The molecule has 37 heavy (non-hydrogen) atoms. The van der Waals surface area contributed by atoms with Gasteiger partial charge >= 0.3 is 0 Å². The summed E-state index contributed by atoms with van der Waals surface area (Å²) in [6.07, 6.45) is 1.50. The predicted molar refractivity (Wildman–Crippen MR) is 146 cm³/mol. The Labute approximate surface area is 218 Å². The highest BCUT2D eigenvalue weighted by Gasteiger charge is 2.34. The number of hydrogen-bond acceptors (Lipinski definition) is 6. The molecule has 184 valence electrons. The Kier molecular flexibility index (Phi) is 6.57. The molecule has 0 unspecified atom stereocenters. The van der Waals surface area contributed by atoms with Gasteiger partial charge in [0, 0.05) is 10.9 Å². The number of anilines is 1. The first-order chi connectivity index (χ1) is 18.0. The smallest absolute Gasteiger partial charge is 0.270 e. The maximum atomic E-state index is 13.5. The standard InChI is InChI=1S/C29H22N2O5S/c1-34-25-10-6-7-18-17-26(35-2)19(15-23(18)25)16-24-27(32)30-29(37)31(28(24)33)20-11-13-22(14-12-20)36-21-8-4-3-5-9-21/h3-17H,1-2H3,(H,30,32,37). The van der Waals surface area contributed by atoms with Crippen molar-refractivity contribution in [3.8, 4) is 23.0 Å². The summed E-state index contributed by atoms with van der Waals surface area (Å²) in [5.41, 5.74) is 0.969. The van der Waals surface area contributed by atoms with Crippen LogP contribution in [0.25, 0.3) is 16.8 Å². The summed E-state index contributed by atoms with van der Waals surface area (Å²) in [4.78, 5) is 27.6. The van der Waals surface area contributed by atoms with E-state index in [9.17, 15) is 9.59 Å². The maximum Gasteiger partial charge on any atom is 0.270 e. The largest absolute Gasteiger partial charge is 0.496 e. The van der Waals surface area contributed by atoms with Crippen LogP contribution in [0.1, 0.15) is 5.56 Å². The monoisotopic (exact) mass is 510 g/mol. The molecule has 0 aromatic heterocycles. The zero-order valence-electron chi connectivity index (χ0n) is 20.1. The number of ether oxygens (including phenoxy) is 3. The second-order valence-corrected chi connectivity index (χ2v) is 8.53. The molecule has 1 fully saturated rings. The van der Waals surface area contributed by atoms with E-state index in [1.54, 1.807) is 31.4 Å². The maximum absolute atomic E-state index is 13.5. The topological polar surface area (TPSA) is 77.1 Å². The van der Waals surface area contributed by atoms with Gasteiger partial charge in [0.25, 0.3) is 11.8 Å². The lowest BCUT2D eigenvalue weighted by molar-refractivity contribution is -0.122. The molecule has 1 aliphatic rings.